The number of carbonyl (C=O) groups excluding carboxylic acids is 5. The van der Waals surface area contributed by atoms with E-state index in [1.54, 1.807) is 66.7 Å². The summed E-state index contributed by atoms with van der Waals surface area (Å²) in [6.07, 6.45) is 13.7. The molecule has 3 heterocycles. The number of ketones is 1. The number of esters is 1. The molecular weight excluding hydrogens is 1300 g/mol. The number of aromatic hydroxyl groups is 1. The standard InChI is InChI=1S/C30H34N2O4.C16H22ClNO2.C15H23NO.C8H9NO.C2Cl4O2.ClH/c1-3-30(18-7-8-19-32(2)22-30)25-12-9-13-27(20-25)36-29(34)31-26-16-14-24(15-17-26)28(33)35-21-23-10-5-4-6-11-23;1-3-16(9-4-5-10-18(2)12-16)13-7-6-8-14(11-13)20-15(17)19;1-3-15(9-4-5-10-16(2)12-15)13-7-6-8-14(17)11-13;1-6(10)7-2-4-8(9)5-3-7;3-1(7)8-2(4,5)6;/h4-6,9-17,20H,3,7-8,18-19,21-22H2,1-2H3,(H,31,34);6-8,11H,3-5,9-10,12H2,1-2H3;6-8,11,17H,3-5,9-10,12H2,1-2H3;2-5H,9H2,1H3;;1H. The van der Waals surface area contributed by atoms with Gasteiger partial charge in [-0.2, -0.15) is 0 Å². The van der Waals surface area contributed by atoms with Crippen molar-refractivity contribution in [3.63, 3.8) is 0 Å². The lowest BCUT2D eigenvalue weighted by Gasteiger charge is -2.35. The van der Waals surface area contributed by atoms with Gasteiger partial charge in [0, 0.05) is 76.0 Å². The lowest BCUT2D eigenvalue weighted by atomic mass is 9.74. The number of halogens is 6. The third-order valence-electron chi connectivity index (χ3n) is 16.9. The zero-order valence-corrected chi connectivity index (χ0v) is 58.3. The van der Waals surface area contributed by atoms with Gasteiger partial charge in [-0.15, -0.1) is 12.4 Å². The van der Waals surface area contributed by atoms with E-state index in [1.807, 2.05) is 66.7 Å². The molecule has 3 saturated heterocycles. The number of nitrogens with two attached hydrogens (primary N) is 1. The Balaban J connectivity index is 0.000000272. The number of Topliss-reactive ketones (excluding diaryl/α,β-unsaturated/α-hetero) is 1. The Labute approximate surface area is 574 Å². The summed E-state index contributed by atoms with van der Waals surface area (Å²) in [5.41, 5.74) is 10.9. The molecule has 92 heavy (non-hydrogen) atoms. The van der Waals surface area contributed by atoms with Crippen molar-refractivity contribution < 1.29 is 48.0 Å². The zero-order valence-electron chi connectivity index (χ0n) is 53.7. The topological polar surface area (TPSA) is 190 Å². The lowest BCUT2D eigenvalue weighted by molar-refractivity contribution is 0.0472. The Morgan fingerprint density at radius 1 is 0.554 bits per heavy atom. The van der Waals surface area contributed by atoms with Gasteiger partial charge < -0.3 is 44.5 Å². The molecular formula is C71H89Cl6N5O10. The van der Waals surface area contributed by atoms with Crippen LogP contribution in [0, 0.1) is 0 Å². The molecule has 6 aromatic rings. The van der Waals surface area contributed by atoms with Gasteiger partial charge in [0.1, 0.15) is 23.9 Å². The van der Waals surface area contributed by atoms with Crippen LogP contribution >= 0.6 is 70.4 Å². The maximum absolute atomic E-state index is 12.6. The number of hydrogen-bond donors (Lipinski definition) is 3. The Hall–Kier alpha value is -6.11. The smallest absolute Gasteiger partial charge is 0.417 e. The SMILES string of the molecule is CC(=O)c1ccc(N)cc1.CCC1(c2cccc(O)c2)CCCCN(C)C1.CCC1(c2cccc(OC(=O)Cl)c2)CCCCN(C)C1.CCC1(c2cccc(OC(=O)Nc3ccc(C(=O)OCc4ccccc4)cc3)c2)CCCCN(C)C1.Cl.O=C(Cl)OC(Cl)(Cl)Cl. The van der Waals surface area contributed by atoms with Gasteiger partial charge in [0.2, 0.25) is 0 Å². The minimum atomic E-state index is -2.04. The number of ether oxygens (including phenoxy) is 4. The van der Waals surface area contributed by atoms with E-state index in [0.29, 0.717) is 39.8 Å². The summed E-state index contributed by atoms with van der Waals surface area (Å²) in [5.74, 6) is 1.09. The number of phenolic OH excluding ortho intramolecular Hbond substituents is 1. The average Bonchev–Trinajstić information content (AvgIpc) is 1.34. The first-order valence-electron chi connectivity index (χ1n) is 30.9. The highest BCUT2D eigenvalue weighted by molar-refractivity contribution is 6.69. The highest BCUT2D eigenvalue weighted by Gasteiger charge is 2.36. The molecule has 6 aromatic carbocycles. The summed E-state index contributed by atoms with van der Waals surface area (Å²) in [6, 6.07) is 46.5. The van der Waals surface area contributed by atoms with Crippen molar-refractivity contribution >= 4 is 110 Å². The van der Waals surface area contributed by atoms with Crippen molar-refractivity contribution in [3.05, 3.63) is 185 Å². The Morgan fingerprint density at radius 2 is 0.989 bits per heavy atom. The van der Waals surface area contributed by atoms with E-state index < -0.39 is 26.9 Å². The van der Waals surface area contributed by atoms with Crippen molar-refractivity contribution in [1.82, 2.24) is 14.7 Å². The van der Waals surface area contributed by atoms with Gasteiger partial charge in [-0.25, -0.2) is 19.2 Å². The molecule has 3 aliphatic rings. The molecule has 500 valence electrons. The lowest BCUT2D eigenvalue weighted by Crippen LogP contribution is -2.37. The highest BCUT2D eigenvalue weighted by atomic mass is 35.6. The molecule has 3 aliphatic heterocycles. The molecule has 3 fully saturated rings. The second-order valence-electron chi connectivity index (χ2n) is 23.5. The minimum Gasteiger partial charge on any atom is -0.508 e. The molecule has 0 aliphatic carbocycles. The number of hydrogen-bond acceptors (Lipinski definition) is 14. The number of phenols is 1. The van der Waals surface area contributed by atoms with Gasteiger partial charge in [-0.05, 0) is 247 Å². The fraction of sp³-hybridized carbons (Fsp3) is 0.423. The van der Waals surface area contributed by atoms with Crippen molar-refractivity contribution in [2.75, 3.05) is 71.5 Å². The molecule has 9 rings (SSSR count). The van der Waals surface area contributed by atoms with Crippen LogP contribution in [-0.4, -0.2) is 113 Å². The van der Waals surface area contributed by atoms with E-state index in [0.717, 1.165) is 64.0 Å². The number of nitrogens with zero attached hydrogens (tertiary/aromatic N) is 3. The second kappa shape index (κ2) is 38.9. The van der Waals surface area contributed by atoms with Crippen molar-refractivity contribution in [2.45, 2.75) is 132 Å². The second-order valence-corrected chi connectivity index (χ2v) is 26.3. The Morgan fingerprint density at radius 3 is 1.39 bits per heavy atom. The van der Waals surface area contributed by atoms with Gasteiger partial charge in [0.05, 0.1) is 5.56 Å². The maximum Gasteiger partial charge on any atom is 0.417 e. The first-order valence-corrected chi connectivity index (χ1v) is 32.7. The quantitative estimate of drug-likeness (QED) is 0.0325. The van der Waals surface area contributed by atoms with E-state index >= 15 is 0 Å². The number of benzene rings is 6. The van der Waals surface area contributed by atoms with E-state index in [1.165, 1.54) is 81.5 Å². The number of nitrogen functional groups attached to an aromatic ring is 1. The fourth-order valence-corrected chi connectivity index (χ4v) is 12.5. The van der Waals surface area contributed by atoms with Crippen LogP contribution in [0.4, 0.5) is 25.8 Å². The number of anilines is 2. The molecule has 0 spiro atoms. The van der Waals surface area contributed by atoms with E-state index in [4.69, 9.17) is 66.3 Å². The number of likely N-dealkylation sites (N-methyl/N-ethyl adjacent to an activating group) is 3. The van der Waals surface area contributed by atoms with Gasteiger partial charge in [0.25, 0.3) is 0 Å². The summed E-state index contributed by atoms with van der Waals surface area (Å²) >= 11 is 24.7. The fourth-order valence-electron chi connectivity index (χ4n) is 12.0. The van der Waals surface area contributed by atoms with Crippen LogP contribution < -0.4 is 20.5 Å². The molecule has 0 saturated carbocycles. The molecule has 3 atom stereocenters. The number of amides is 1. The summed E-state index contributed by atoms with van der Waals surface area (Å²) in [6.45, 7) is 15.1. The number of rotatable bonds is 13. The summed E-state index contributed by atoms with van der Waals surface area (Å²) in [7, 11) is 6.56. The van der Waals surface area contributed by atoms with Crippen molar-refractivity contribution in [1.29, 1.82) is 0 Å². The van der Waals surface area contributed by atoms with Crippen molar-refractivity contribution in [2.24, 2.45) is 0 Å². The van der Waals surface area contributed by atoms with Gasteiger partial charge in [0.15, 0.2) is 5.78 Å². The first-order chi connectivity index (χ1) is 43.3. The normalized spacial score (nSPS) is 19.3. The van der Waals surface area contributed by atoms with Gasteiger partial charge >= 0.3 is 26.9 Å². The van der Waals surface area contributed by atoms with Crippen LogP contribution in [0.5, 0.6) is 17.2 Å². The maximum atomic E-state index is 12.6. The van der Waals surface area contributed by atoms with Gasteiger partial charge in [-0.1, -0.05) is 107 Å². The van der Waals surface area contributed by atoms with Crippen LogP contribution in [0.25, 0.3) is 0 Å². The number of alkyl halides is 3. The highest BCUT2D eigenvalue weighted by Crippen LogP contribution is 2.40. The van der Waals surface area contributed by atoms with E-state index in [9.17, 15) is 29.1 Å². The minimum absolute atomic E-state index is 0. The summed E-state index contributed by atoms with van der Waals surface area (Å²) < 4.78 is 17.8. The predicted molar refractivity (Wildman–Crippen MR) is 375 cm³/mol. The number of nitrogens with one attached hydrogen (secondary N) is 1. The van der Waals surface area contributed by atoms with Crippen molar-refractivity contribution in [3.8, 4) is 17.2 Å². The first kappa shape index (κ1) is 78.3. The van der Waals surface area contributed by atoms with Crippen LogP contribution in [0.3, 0.4) is 0 Å². The third kappa shape index (κ3) is 26.4. The summed E-state index contributed by atoms with van der Waals surface area (Å²) in [5, 5.41) is 12.4. The number of carbonyl (C=O) groups is 5. The Bertz CT molecular complexity index is 3250. The summed E-state index contributed by atoms with van der Waals surface area (Å²) in [4.78, 5) is 63.5. The molecule has 0 aromatic heterocycles. The van der Waals surface area contributed by atoms with Crippen LogP contribution in [0.15, 0.2) is 152 Å². The van der Waals surface area contributed by atoms with Crippen LogP contribution in [0.2, 0.25) is 0 Å². The molecule has 0 radical (unpaired) electrons. The largest absolute Gasteiger partial charge is 0.508 e. The number of likely N-dealkylation sites (tertiary alicyclic amines) is 3. The molecule has 1 amide bonds. The van der Waals surface area contributed by atoms with E-state index in [2.05, 4.69) is 96.5 Å². The molecule has 4 N–H and O–H groups in total. The molecule has 21 heteroatoms. The monoisotopic (exact) mass is 1380 g/mol. The molecule has 0 bridgehead atoms. The Kier molecular flexibility index (Phi) is 33.1. The molecule has 3 unspecified atom stereocenters. The predicted octanol–water partition coefficient (Wildman–Crippen LogP) is 18.3. The van der Waals surface area contributed by atoms with Gasteiger partial charge in [-0.3, -0.25) is 10.1 Å². The van der Waals surface area contributed by atoms with Crippen LogP contribution in [-0.2, 0) is 32.3 Å². The average molecular weight is 1390 g/mol. The van der Waals surface area contributed by atoms with E-state index in [-0.39, 0.29) is 41.0 Å². The molecule has 15 nitrogen and oxygen atoms in total. The van der Waals surface area contributed by atoms with Crippen LogP contribution in [0.1, 0.15) is 148 Å². The zero-order chi connectivity index (χ0) is 66.6. The third-order valence-corrected chi connectivity index (χ3v) is 17.3.